The van der Waals surface area contributed by atoms with Crippen molar-refractivity contribution in [1.29, 1.82) is 0 Å². The van der Waals surface area contributed by atoms with E-state index in [-0.39, 0.29) is 11.5 Å². The average Bonchev–Trinajstić information content (AvgIpc) is 2.71. The number of nitro benzene ring substituents is 1. The Morgan fingerprint density at radius 2 is 1.50 bits per heavy atom. The van der Waals surface area contributed by atoms with E-state index < -0.39 is 4.92 Å². The number of hydrogen-bond donors (Lipinski definition) is 0. The second kappa shape index (κ2) is 12.0. The average molecular weight is 351 g/mol. The largest absolute Gasteiger partial charge is 0.293 e. The van der Waals surface area contributed by atoms with Crippen molar-refractivity contribution in [3.05, 3.63) is 101 Å². The molecule has 0 aliphatic heterocycles. The molecule has 0 atom stereocenters. The summed E-state index contributed by atoms with van der Waals surface area (Å²) in [6.45, 7) is 3.60. The molecule has 6 nitrogen and oxygen atoms in total. The summed E-state index contributed by atoms with van der Waals surface area (Å²) in [7, 11) is 0. The highest BCUT2D eigenvalue weighted by Gasteiger charge is 1.98. The lowest BCUT2D eigenvalue weighted by Crippen LogP contribution is -1.93. The number of non-ortho nitro benzene ring substituents is 1. The van der Waals surface area contributed by atoms with Crippen LogP contribution in [0.25, 0.3) is 0 Å². The number of hydrogen-bond acceptors (Lipinski definition) is 5. The van der Waals surface area contributed by atoms with Gasteiger partial charge in [0.1, 0.15) is 5.69 Å². The third-order valence-corrected chi connectivity index (χ3v) is 3.08. The first kappa shape index (κ1) is 20.6. The molecule has 0 amide bonds. The molecule has 0 fully saturated rings. The summed E-state index contributed by atoms with van der Waals surface area (Å²) in [5.74, 6) is 0.00981. The summed E-state index contributed by atoms with van der Waals surface area (Å²) in [6.07, 6.45) is 4.45. The van der Waals surface area contributed by atoms with Crippen LogP contribution < -0.4 is 0 Å². The Kier molecular flexibility index (Phi) is 9.54. The highest BCUT2D eigenvalue weighted by Crippen LogP contribution is 2.06. The first-order valence-corrected chi connectivity index (χ1v) is 8.06. The molecule has 3 rings (SSSR count). The van der Waals surface area contributed by atoms with Crippen LogP contribution in [0.2, 0.25) is 0 Å². The van der Waals surface area contributed by atoms with Crippen molar-refractivity contribution < 1.29 is 9.72 Å². The molecule has 0 bridgehead atoms. The van der Waals surface area contributed by atoms with Gasteiger partial charge in [-0.1, -0.05) is 37.3 Å². The highest BCUT2D eigenvalue weighted by molar-refractivity contribution is 5.91. The number of benzene rings is 1. The Labute approximate surface area is 152 Å². The van der Waals surface area contributed by atoms with Gasteiger partial charge < -0.3 is 0 Å². The zero-order chi connectivity index (χ0) is 19.2. The van der Waals surface area contributed by atoms with E-state index in [1.165, 1.54) is 19.1 Å². The van der Waals surface area contributed by atoms with Gasteiger partial charge in [0.25, 0.3) is 5.69 Å². The fourth-order valence-electron chi connectivity index (χ4n) is 1.73. The van der Waals surface area contributed by atoms with Crippen molar-refractivity contribution in [2.45, 2.75) is 20.3 Å². The van der Waals surface area contributed by atoms with E-state index in [1.54, 1.807) is 42.6 Å². The van der Waals surface area contributed by atoms with Crippen molar-refractivity contribution in [3.63, 3.8) is 0 Å². The van der Waals surface area contributed by atoms with E-state index >= 15 is 0 Å². The van der Waals surface area contributed by atoms with Crippen LogP contribution in [-0.4, -0.2) is 20.7 Å². The Bertz CT molecular complexity index is 730. The van der Waals surface area contributed by atoms with E-state index in [0.29, 0.717) is 5.69 Å². The first-order chi connectivity index (χ1) is 12.5. The van der Waals surface area contributed by atoms with Crippen molar-refractivity contribution in [1.82, 2.24) is 9.97 Å². The van der Waals surface area contributed by atoms with Gasteiger partial charge >= 0.3 is 0 Å². The number of pyridine rings is 2. The lowest BCUT2D eigenvalue weighted by molar-refractivity contribution is -0.384. The molecule has 0 aliphatic rings. The second-order valence-electron chi connectivity index (χ2n) is 5.04. The van der Waals surface area contributed by atoms with Crippen molar-refractivity contribution in [3.8, 4) is 0 Å². The molecule has 0 N–H and O–H groups in total. The lowest BCUT2D eigenvalue weighted by Gasteiger charge is -1.88. The summed E-state index contributed by atoms with van der Waals surface area (Å²) >= 11 is 0. The molecule has 26 heavy (non-hydrogen) atoms. The molecule has 3 aromatic rings. The van der Waals surface area contributed by atoms with E-state index in [2.05, 4.69) is 16.9 Å². The fraction of sp³-hybridized carbons (Fsp3) is 0.150. The van der Waals surface area contributed by atoms with Crippen LogP contribution in [0.1, 0.15) is 30.0 Å². The van der Waals surface area contributed by atoms with Crippen LogP contribution in [0.4, 0.5) is 5.69 Å². The van der Waals surface area contributed by atoms with E-state index in [1.807, 2.05) is 24.4 Å². The smallest absolute Gasteiger partial charge is 0.269 e. The molecule has 0 spiro atoms. The number of carbonyl (C=O) groups is 1. The summed E-state index contributed by atoms with van der Waals surface area (Å²) < 4.78 is 0. The molecule has 0 saturated heterocycles. The number of para-hydroxylation sites is 1. The zero-order valence-electron chi connectivity index (χ0n) is 14.8. The van der Waals surface area contributed by atoms with Gasteiger partial charge in [-0.15, -0.1) is 0 Å². The van der Waals surface area contributed by atoms with Crippen LogP contribution in [-0.2, 0) is 6.42 Å². The van der Waals surface area contributed by atoms with Crippen LogP contribution in [0.15, 0.2) is 79.1 Å². The van der Waals surface area contributed by atoms with E-state index in [0.717, 1.165) is 12.1 Å². The third kappa shape index (κ3) is 8.44. The van der Waals surface area contributed by atoms with E-state index in [9.17, 15) is 14.9 Å². The molecule has 0 unspecified atom stereocenters. The number of Topliss-reactive ketones (excluding diaryl/α,β-unsaturated/α-hetero) is 1. The molecule has 6 heteroatoms. The van der Waals surface area contributed by atoms with Crippen molar-refractivity contribution >= 4 is 11.5 Å². The number of rotatable bonds is 3. The van der Waals surface area contributed by atoms with Crippen molar-refractivity contribution in [2.75, 3.05) is 0 Å². The number of ketones is 1. The zero-order valence-corrected chi connectivity index (χ0v) is 14.8. The normalized spacial score (nSPS) is 9.00. The number of aromatic nitrogens is 2. The summed E-state index contributed by atoms with van der Waals surface area (Å²) in [4.78, 5) is 28.1. The third-order valence-electron chi connectivity index (χ3n) is 3.08. The molecule has 0 saturated carbocycles. The molecule has 0 radical (unpaired) electrons. The molecule has 134 valence electrons. The lowest BCUT2D eigenvalue weighted by atomic mass is 10.3. The topological polar surface area (TPSA) is 86.0 Å². The predicted octanol–water partition coefficient (Wildman–Crippen LogP) is 4.52. The van der Waals surface area contributed by atoms with Gasteiger partial charge in [-0.2, -0.15) is 0 Å². The Hall–Kier alpha value is -3.41. The Balaban J connectivity index is 0.000000195. The maximum atomic E-state index is 10.6. The minimum atomic E-state index is -0.417. The maximum absolute atomic E-state index is 10.6. The van der Waals surface area contributed by atoms with Gasteiger partial charge in [0.15, 0.2) is 5.78 Å². The standard InChI is InChI=1S/C7H7NO.C7H9N.C6H5NO2/c1-6(9)7-4-2-3-5-8-7;1-2-7-5-3-4-6-8-7;8-7(9)6-4-2-1-3-5-6/h2-5H,1H3;3-6H,2H2,1H3;1-5H. The molecule has 2 aromatic heterocycles. The van der Waals surface area contributed by atoms with Gasteiger partial charge in [0, 0.05) is 37.1 Å². The molecule has 2 heterocycles. The van der Waals surface area contributed by atoms with Crippen LogP contribution in [0, 0.1) is 10.1 Å². The monoisotopic (exact) mass is 351 g/mol. The number of nitro groups is 1. The van der Waals surface area contributed by atoms with Gasteiger partial charge in [-0.25, -0.2) is 0 Å². The minimum Gasteiger partial charge on any atom is -0.293 e. The number of carbonyl (C=O) groups excluding carboxylic acids is 1. The van der Waals surface area contributed by atoms with E-state index in [4.69, 9.17) is 0 Å². The Morgan fingerprint density at radius 3 is 1.81 bits per heavy atom. The Morgan fingerprint density at radius 1 is 0.923 bits per heavy atom. The predicted molar refractivity (Wildman–Crippen MR) is 101 cm³/mol. The van der Waals surface area contributed by atoms with Gasteiger partial charge in [-0.05, 0) is 30.7 Å². The fourth-order valence-corrected chi connectivity index (χ4v) is 1.73. The van der Waals surface area contributed by atoms with Crippen molar-refractivity contribution in [2.24, 2.45) is 0 Å². The summed E-state index contributed by atoms with van der Waals surface area (Å²) in [6, 6.07) is 19.2. The quantitative estimate of drug-likeness (QED) is 0.393. The molecule has 0 aliphatic carbocycles. The van der Waals surface area contributed by atoms with Gasteiger partial charge in [0.2, 0.25) is 0 Å². The van der Waals surface area contributed by atoms with Crippen LogP contribution in [0.5, 0.6) is 0 Å². The van der Waals surface area contributed by atoms with Crippen LogP contribution >= 0.6 is 0 Å². The summed E-state index contributed by atoms with van der Waals surface area (Å²) in [5.41, 5.74) is 1.82. The van der Waals surface area contributed by atoms with Gasteiger partial charge in [0.05, 0.1) is 4.92 Å². The highest BCUT2D eigenvalue weighted by atomic mass is 16.6. The molecular formula is C20H21N3O3. The maximum Gasteiger partial charge on any atom is 0.269 e. The van der Waals surface area contributed by atoms with Gasteiger partial charge in [-0.3, -0.25) is 24.9 Å². The summed E-state index contributed by atoms with van der Waals surface area (Å²) in [5, 5.41) is 10.0. The molecule has 1 aromatic carbocycles. The second-order valence-corrected chi connectivity index (χ2v) is 5.04. The number of nitrogens with zero attached hydrogens (tertiary/aromatic N) is 3. The molecular weight excluding hydrogens is 330 g/mol. The van der Waals surface area contributed by atoms with Crippen LogP contribution in [0.3, 0.4) is 0 Å². The minimum absolute atomic E-state index is 0.00981. The first-order valence-electron chi connectivity index (χ1n) is 8.06. The number of aryl methyl sites for hydroxylation is 1. The SMILES string of the molecule is CC(=O)c1ccccn1.CCc1ccccn1.O=[N+]([O-])c1ccccc1.